The zero-order valence-electron chi connectivity index (χ0n) is 10.9. The summed E-state index contributed by atoms with van der Waals surface area (Å²) in [7, 11) is 0. The Labute approximate surface area is 122 Å². The third kappa shape index (κ3) is 2.88. The van der Waals surface area contributed by atoms with Gasteiger partial charge in [0.25, 0.3) is 0 Å². The van der Waals surface area contributed by atoms with Gasteiger partial charge in [0.2, 0.25) is 0 Å². The van der Waals surface area contributed by atoms with E-state index >= 15 is 0 Å². The van der Waals surface area contributed by atoms with Crippen LogP contribution in [0.1, 0.15) is 11.1 Å². The highest BCUT2D eigenvalue weighted by Crippen LogP contribution is 2.29. The maximum absolute atomic E-state index is 13.1. The molecule has 0 aromatic heterocycles. The van der Waals surface area contributed by atoms with Crippen molar-refractivity contribution in [3.63, 3.8) is 0 Å². The van der Waals surface area contributed by atoms with Crippen LogP contribution in [0.3, 0.4) is 0 Å². The molecular weight excluding hydrogens is 277 g/mol. The van der Waals surface area contributed by atoms with Crippen molar-refractivity contribution in [2.24, 2.45) is 0 Å². The van der Waals surface area contributed by atoms with Gasteiger partial charge in [0.15, 0.2) is 0 Å². The van der Waals surface area contributed by atoms with E-state index in [2.05, 4.69) is 5.32 Å². The van der Waals surface area contributed by atoms with E-state index in [1.807, 2.05) is 24.3 Å². The monoisotopic (exact) mass is 291 g/mol. The molecular formula is C16H15ClFNO. The van der Waals surface area contributed by atoms with Gasteiger partial charge in [0, 0.05) is 23.6 Å². The largest absolute Gasteiger partial charge is 0.488 e. The van der Waals surface area contributed by atoms with Crippen LogP contribution >= 0.6 is 11.6 Å². The van der Waals surface area contributed by atoms with Crippen LogP contribution in [0.5, 0.6) is 5.75 Å². The first-order chi connectivity index (χ1) is 9.74. The molecule has 0 radical (unpaired) electrons. The van der Waals surface area contributed by atoms with Gasteiger partial charge in [0.1, 0.15) is 17.7 Å². The molecule has 2 aromatic rings. The molecule has 0 saturated heterocycles. The molecule has 1 unspecified atom stereocenters. The molecule has 1 atom stereocenters. The summed E-state index contributed by atoms with van der Waals surface area (Å²) in [6.45, 7) is 0.691. The molecule has 0 spiro atoms. The van der Waals surface area contributed by atoms with E-state index < -0.39 is 0 Å². The zero-order chi connectivity index (χ0) is 13.9. The summed E-state index contributed by atoms with van der Waals surface area (Å²) >= 11 is 5.75. The van der Waals surface area contributed by atoms with Crippen LogP contribution < -0.4 is 10.1 Å². The molecule has 1 heterocycles. The molecule has 104 valence electrons. The molecule has 2 aromatic carbocycles. The number of rotatable bonds is 4. The topological polar surface area (TPSA) is 21.3 Å². The van der Waals surface area contributed by atoms with Gasteiger partial charge in [-0.25, -0.2) is 4.39 Å². The minimum atomic E-state index is -0.211. The van der Waals surface area contributed by atoms with Gasteiger partial charge in [0.05, 0.1) is 6.54 Å². The standard InChI is InChI=1S/C16H15ClFNO/c17-9-11-1-4-14(5-2-11)19-10-15-8-12-7-13(18)3-6-16(12)20-15/h1-7,15,19H,8-10H2. The van der Waals surface area contributed by atoms with Gasteiger partial charge >= 0.3 is 0 Å². The minimum Gasteiger partial charge on any atom is -0.488 e. The molecule has 4 heteroatoms. The second kappa shape index (κ2) is 5.71. The Morgan fingerprint density at radius 2 is 2.00 bits per heavy atom. The highest BCUT2D eigenvalue weighted by atomic mass is 35.5. The highest BCUT2D eigenvalue weighted by molar-refractivity contribution is 6.17. The van der Waals surface area contributed by atoms with E-state index in [9.17, 15) is 4.39 Å². The van der Waals surface area contributed by atoms with Gasteiger partial charge in [-0.1, -0.05) is 12.1 Å². The fraction of sp³-hybridized carbons (Fsp3) is 0.250. The fourth-order valence-electron chi connectivity index (χ4n) is 2.35. The Hall–Kier alpha value is -1.74. The number of hydrogen-bond donors (Lipinski definition) is 1. The predicted molar refractivity (Wildman–Crippen MR) is 79.0 cm³/mol. The second-order valence-electron chi connectivity index (χ2n) is 4.91. The van der Waals surface area contributed by atoms with E-state index in [4.69, 9.17) is 16.3 Å². The normalized spacial score (nSPS) is 16.6. The average Bonchev–Trinajstić information content (AvgIpc) is 2.87. The summed E-state index contributed by atoms with van der Waals surface area (Å²) in [6, 6.07) is 12.7. The summed E-state index contributed by atoms with van der Waals surface area (Å²) in [4.78, 5) is 0. The van der Waals surface area contributed by atoms with Crippen LogP contribution in [0.25, 0.3) is 0 Å². The molecule has 1 aliphatic heterocycles. The fourth-order valence-corrected chi connectivity index (χ4v) is 2.52. The van der Waals surface area contributed by atoms with E-state index in [0.29, 0.717) is 12.4 Å². The average molecular weight is 292 g/mol. The molecule has 3 rings (SSSR count). The molecule has 0 bridgehead atoms. The number of hydrogen-bond acceptors (Lipinski definition) is 2. The number of nitrogens with one attached hydrogen (secondary N) is 1. The lowest BCUT2D eigenvalue weighted by Crippen LogP contribution is -2.23. The Balaban J connectivity index is 1.58. The molecule has 2 nitrogen and oxygen atoms in total. The van der Waals surface area contributed by atoms with Crippen molar-refractivity contribution in [2.75, 3.05) is 11.9 Å². The third-order valence-corrected chi connectivity index (χ3v) is 3.71. The van der Waals surface area contributed by atoms with E-state index in [-0.39, 0.29) is 11.9 Å². The Bertz CT molecular complexity index is 600. The van der Waals surface area contributed by atoms with Crippen molar-refractivity contribution in [1.29, 1.82) is 0 Å². The first-order valence-corrected chi connectivity index (χ1v) is 7.12. The van der Waals surface area contributed by atoms with Crippen LogP contribution in [0.4, 0.5) is 10.1 Å². The molecule has 0 fully saturated rings. The highest BCUT2D eigenvalue weighted by Gasteiger charge is 2.22. The molecule has 0 amide bonds. The van der Waals surface area contributed by atoms with Crippen LogP contribution in [-0.2, 0) is 12.3 Å². The first-order valence-electron chi connectivity index (χ1n) is 6.58. The van der Waals surface area contributed by atoms with Gasteiger partial charge in [-0.05, 0) is 35.9 Å². The SMILES string of the molecule is Fc1ccc2c(c1)CC(CNc1ccc(CCl)cc1)O2. The molecule has 1 N–H and O–H groups in total. The van der Waals surface area contributed by atoms with E-state index in [0.717, 1.165) is 29.0 Å². The quantitative estimate of drug-likeness (QED) is 0.860. The van der Waals surface area contributed by atoms with Crippen molar-refractivity contribution in [3.05, 3.63) is 59.4 Å². The van der Waals surface area contributed by atoms with Crippen LogP contribution in [-0.4, -0.2) is 12.6 Å². The van der Waals surface area contributed by atoms with Crippen molar-refractivity contribution < 1.29 is 9.13 Å². The van der Waals surface area contributed by atoms with Gasteiger partial charge in [-0.15, -0.1) is 11.6 Å². The van der Waals surface area contributed by atoms with Gasteiger partial charge in [-0.3, -0.25) is 0 Å². The van der Waals surface area contributed by atoms with Crippen molar-refractivity contribution in [1.82, 2.24) is 0 Å². The maximum Gasteiger partial charge on any atom is 0.123 e. The second-order valence-corrected chi connectivity index (χ2v) is 5.17. The van der Waals surface area contributed by atoms with Crippen LogP contribution in [0, 0.1) is 5.82 Å². The number of benzene rings is 2. The van der Waals surface area contributed by atoms with E-state index in [1.165, 1.54) is 6.07 Å². The maximum atomic E-state index is 13.1. The summed E-state index contributed by atoms with van der Waals surface area (Å²) in [6.07, 6.45) is 0.777. The van der Waals surface area contributed by atoms with Crippen LogP contribution in [0.15, 0.2) is 42.5 Å². The minimum absolute atomic E-state index is 0.0412. The number of ether oxygens (including phenoxy) is 1. The van der Waals surface area contributed by atoms with Crippen molar-refractivity contribution >= 4 is 17.3 Å². The molecule has 0 saturated carbocycles. The predicted octanol–water partition coefficient (Wildman–Crippen LogP) is 3.98. The van der Waals surface area contributed by atoms with Crippen molar-refractivity contribution in [3.8, 4) is 5.75 Å². The summed E-state index contributed by atoms with van der Waals surface area (Å²) < 4.78 is 18.9. The van der Waals surface area contributed by atoms with Gasteiger partial charge < -0.3 is 10.1 Å². The lowest BCUT2D eigenvalue weighted by atomic mass is 10.1. The van der Waals surface area contributed by atoms with Crippen LogP contribution in [0.2, 0.25) is 0 Å². The number of alkyl halides is 1. The summed E-state index contributed by atoms with van der Waals surface area (Å²) in [5, 5.41) is 3.33. The summed E-state index contributed by atoms with van der Waals surface area (Å²) in [5.74, 6) is 1.10. The van der Waals surface area contributed by atoms with Crippen molar-refractivity contribution in [2.45, 2.75) is 18.4 Å². The molecule has 20 heavy (non-hydrogen) atoms. The Morgan fingerprint density at radius 3 is 2.75 bits per heavy atom. The number of fused-ring (bicyclic) bond motifs is 1. The smallest absolute Gasteiger partial charge is 0.123 e. The number of anilines is 1. The Morgan fingerprint density at radius 1 is 1.20 bits per heavy atom. The lowest BCUT2D eigenvalue weighted by Gasteiger charge is -2.13. The van der Waals surface area contributed by atoms with E-state index in [1.54, 1.807) is 12.1 Å². The third-order valence-electron chi connectivity index (χ3n) is 3.41. The first kappa shape index (κ1) is 13.3. The summed E-state index contributed by atoms with van der Waals surface area (Å²) in [5.41, 5.74) is 3.07. The molecule has 1 aliphatic rings. The molecule has 0 aliphatic carbocycles. The Kier molecular flexibility index (Phi) is 3.79. The zero-order valence-corrected chi connectivity index (χ0v) is 11.7. The lowest BCUT2D eigenvalue weighted by molar-refractivity contribution is 0.246. The number of halogens is 2. The van der Waals surface area contributed by atoms with Gasteiger partial charge in [-0.2, -0.15) is 0 Å².